The van der Waals surface area contributed by atoms with Crippen molar-refractivity contribution in [2.75, 3.05) is 20.7 Å². The zero-order valence-electron chi connectivity index (χ0n) is 11.5. The number of benzene rings is 1. The summed E-state index contributed by atoms with van der Waals surface area (Å²) in [5.74, 6) is 0.906. The molecule has 0 saturated heterocycles. The first kappa shape index (κ1) is 13.6. The zero-order valence-corrected chi connectivity index (χ0v) is 11.5. The summed E-state index contributed by atoms with van der Waals surface area (Å²) >= 11 is 0. The summed E-state index contributed by atoms with van der Waals surface area (Å²) in [6.07, 6.45) is 4.74. The monoisotopic (exact) mass is 256 g/mol. The number of pyridine rings is 1. The molecule has 2 aromatic rings. The summed E-state index contributed by atoms with van der Waals surface area (Å²) in [6.45, 7) is 1.99. The highest BCUT2D eigenvalue weighted by atomic mass is 16.5. The van der Waals surface area contributed by atoms with Crippen LogP contribution in [0.15, 0.2) is 48.8 Å². The average Bonchev–Trinajstić information content (AvgIpc) is 2.47. The lowest BCUT2D eigenvalue weighted by molar-refractivity contribution is 0.331. The minimum atomic E-state index is 0.906. The Morgan fingerprint density at radius 1 is 1.00 bits per heavy atom. The Morgan fingerprint density at radius 2 is 1.68 bits per heavy atom. The normalized spacial score (nSPS) is 10.7. The number of ether oxygens (including phenoxy) is 1. The van der Waals surface area contributed by atoms with Gasteiger partial charge in [-0.05, 0) is 48.9 Å². The van der Waals surface area contributed by atoms with Crippen molar-refractivity contribution in [3.8, 4) is 5.75 Å². The second-order valence-electron chi connectivity index (χ2n) is 4.69. The number of nitrogens with zero attached hydrogens (tertiary/aromatic N) is 2. The van der Waals surface area contributed by atoms with Crippen molar-refractivity contribution in [3.05, 3.63) is 59.9 Å². The molecule has 19 heavy (non-hydrogen) atoms. The van der Waals surface area contributed by atoms with Crippen LogP contribution in [0.25, 0.3) is 0 Å². The first-order valence-corrected chi connectivity index (χ1v) is 6.48. The third-order valence-electron chi connectivity index (χ3n) is 3.14. The standard InChI is InChI=1S/C16H20N2O/c1-18(12-9-14-7-10-17-11-8-14)13-15-3-5-16(19-2)6-4-15/h3-8,10-11H,9,12-13H2,1-2H3. The van der Waals surface area contributed by atoms with E-state index in [-0.39, 0.29) is 0 Å². The fourth-order valence-electron chi connectivity index (χ4n) is 1.99. The number of hydrogen-bond acceptors (Lipinski definition) is 3. The molecule has 0 saturated carbocycles. The molecule has 1 aromatic carbocycles. The third kappa shape index (κ3) is 4.38. The van der Waals surface area contributed by atoms with Crippen LogP contribution < -0.4 is 4.74 Å². The van der Waals surface area contributed by atoms with Gasteiger partial charge in [-0.2, -0.15) is 0 Å². The second-order valence-corrected chi connectivity index (χ2v) is 4.69. The Balaban J connectivity index is 1.82. The maximum Gasteiger partial charge on any atom is 0.118 e. The van der Waals surface area contributed by atoms with Gasteiger partial charge in [0.05, 0.1) is 7.11 Å². The first-order chi connectivity index (χ1) is 9.28. The van der Waals surface area contributed by atoms with Crippen molar-refractivity contribution in [2.45, 2.75) is 13.0 Å². The minimum Gasteiger partial charge on any atom is -0.497 e. The van der Waals surface area contributed by atoms with Gasteiger partial charge in [-0.1, -0.05) is 12.1 Å². The lowest BCUT2D eigenvalue weighted by Gasteiger charge is -2.16. The van der Waals surface area contributed by atoms with Crippen molar-refractivity contribution in [1.29, 1.82) is 0 Å². The summed E-state index contributed by atoms with van der Waals surface area (Å²) < 4.78 is 5.16. The Morgan fingerprint density at radius 3 is 2.32 bits per heavy atom. The van der Waals surface area contributed by atoms with Crippen LogP contribution in [0, 0.1) is 0 Å². The van der Waals surface area contributed by atoms with E-state index in [4.69, 9.17) is 4.74 Å². The maximum atomic E-state index is 5.16. The Bertz CT molecular complexity index is 482. The molecule has 0 N–H and O–H groups in total. The largest absolute Gasteiger partial charge is 0.497 e. The highest BCUT2D eigenvalue weighted by Crippen LogP contribution is 2.12. The quantitative estimate of drug-likeness (QED) is 0.794. The van der Waals surface area contributed by atoms with Crippen LogP contribution in [0.4, 0.5) is 0 Å². The summed E-state index contributed by atoms with van der Waals surface area (Å²) in [4.78, 5) is 6.35. The summed E-state index contributed by atoms with van der Waals surface area (Å²) in [7, 11) is 3.83. The van der Waals surface area contributed by atoms with Gasteiger partial charge >= 0.3 is 0 Å². The summed E-state index contributed by atoms with van der Waals surface area (Å²) in [5.41, 5.74) is 2.63. The van der Waals surface area contributed by atoms with Crippen LogP contribution in [-0.4, -0.2) is 30.6 Å². The smallest absolute Gasteiger partial charge is 0.118 e. The number of hydrogen-bond donors (Lipinski definition) is 0. The van der Waals surface area contributed by atoms with Gasteiger partial charge in [-0.3, -0.25) is 4.98 Å². The number of methoxy groups -OCH3 is 1. The van der Waals surface area contributed by atoms with Gasteiger partial charge in [-0.15, -0.1) is 0 Å². The van der Waals surface area contributed by atoms with Gasteiger partial charge in [0.25, 0.3) is 0 Å². The number of rotatable bonds is 6. The first-order valence-electron chi connectivity index (χ1n) is 6.48. The van der Waals surface area contributed by atoms with Crippen LogP contribution in [0.1, 0.15) is 11.1 Å². The maximum absolute atomic E-state index is 5.16. The van der Waals surface area contributed by atoms with Gasteiger partial charge < -0.3 is 9.64 Å². The van der Waals surface area contributed by atoms with E-state index in [0.717, 1.165) is 25.3 Å². The van der Waals surface area contributed by atoms with Crippen molar-refractivity contribution in [2.24, 2.45) is 0 Å². The molecule has 0 bridgehead atoms. The number of likely N-dealkylation sites (N-methyl/N-ethyl adjacent to an activating group) is 1. The van der Waals surface area contributed by atoms with Crippen molar-refractivity contribution >= 4 is 0 Å². The van der Waals surface area contributed by atoms with E-state index < -0.39 is 0 Å². The molecule has 0 unspecified atom stereocenters. The lowest BCUT2D eigenvalue weighted by atomic mass is 10.1. The Hall–Kier alpha value is -1.87. The molecule has 0 aliphatic heterocycles. The summed E-state index contributed by atoms with van der Waals surface area (Å²) in [5, 5.41) is 0. The fourth-order valence-corrected chi connectivity index (χ4v) is 1.99. The van der Waals surface area contributed by atoms with E-state index >= 15 is 0 Å². The molecule has 0 amide bonds. The third-order valence-corrected chi connectivity index (χ3v) is 3.14. The van der Waals surface area contributed by atoms with E-state index in [9.17, 15) is 0 Å². The van der Waals surface area contributed by atoms with Crippen LogP contribution >= 0.6 is 0 Å². The van der Waals surface area contributed by atoms with Crippen LogP contribution in [0.2, 0.25) is 0 Å². The molecule has 3 heteroatoms. The van der Waals surface area contributed by atoms with Crippen molar-refractivity contribution in [1.82, 2.24) is 9.88 Å². The lowest BCUT2D eigenvalue weighted by Crippen LogP contribution is -2.20. The summed E-state index contributed by atoms with van der Waals surface area (Å²) in [6, 6.07) is 12.4. The predicted molar refractivity (Wildman–Crippen MR) is 77.3 cm³/mol. The van der Waals surface area contributed by atoms with Crippen LogP contribution in [0.5, 0.6) is 5.75 Å². The van der Waals surface area contributed by atoms with Gasteiger partial charge in [-0.25, -0.2) is 0 Å². The zero-order chi connectivity index (χ0) is 13.5. The van der Waals surface area contributed by atoms with Gasteiger partial charge in [0.1, 0.15) is 5.75 Å². The van der Waals surface area contributed by atoms with Crippen molar-refractivity contribution < 1.29 is 4.74 Å². The van der Waals surface area contributed by atoms with E-state index in [1.807, 2.05) is 24.5 Å². The molecule has 1 heterocycles. The molecule has 0 spiro atoms. The van der Waals surface area contributed by atoms with Crippen LogP contribution in [-0.2, 0) is 13.0 Å². The second kappa shape index (κ2) is 6.90. The van der Waals surface area contributed by atoms with Crippen molar-refractivity contribution in [3.63, 3.8) is 0 Å². The molecule has 0 radical (unpaired) electrons. The van der Waals surface area contributed by atoms with E-state index in [1.165, 1.54) is 11.1 Å². The van der Waals surface area contributed by atoms with Crippen LogP contribution in [0.3, 0.4) is 0 Å². The minimum absolute atomic E-state index is 0.906. The van der Waals surface area contributed by atoms with Gasteiger partial charge in [0.2, 0.25) is 0 Å². The van der Waals surface area contributed by atoms with Gasteiger partial charge in [0, 0.05) is 25.5 Å². The fraction of sp³-hybridized carbons (Fsp3) is 0.312. The predicted octanol–water partition coefficient (Wildman–Crippen LogP) is 2.76. The molecule has 0 aliphatic carbocycles. The van der Waals surface area contributed by atoms with E-state index in [2.05, 4.69) is 41.2 Å². The molecule has 0 aliphatic rings. The SMILES string of the molecule is COc1ccc(CN(C)CCc2ccncc2)cc1. The molecule has 2 rings (SSSR count). The number of aromatic nitrogens is 1. The van der Waals surface area contributed by atoms with Gasteiger partial charge in [0.15, 0.2) is 0 Å². The Labute approximate surface area is 114 Å². The highest BCUT2D eigenvalue weighted by molar-refractivity contribution is 5.27. The highest BCUT2D eigenvalue weighted by Gasteiger charge is 2.01. The molecule has 0 fully saturated rings. The molecular formula is C16H20N2O. The molecule has 3 nitrogen and oxygen atoms in total. The molecule has 0 atom stereocenters. The topological polar surface area (TPSA) is 25.4 Å². The van der Waals surface area contributed by atoms with E-state index in [0.29, 0.717) is 0 Å². The molecule has 100 valence electrons. The molecular weight excluding hydrogens is 236 g/mol. The average molecular weight is 256 g/mol. The molecule has 1 aromatic heterocycles. The Kier molecular flexibility index (Phi) is 4.93. The van der Waals surface area contributed by atoms with E-state index in [1.54, 1.807) is 7.11 Å².